The number of hydrogen-bond acceptors (Lipinski definition) is 1. The molecule has 0 amide bonds. The van der Waals surface area contributed by atoms with E-state index in [0.717, 1.165) is 19.3 Å². The van der Waals surface area contributed by atoms with Gasteiger partial charge in [-0.15, -0.1) is 0 Å². The van der Waals surface area contributed by atoms with Crippen LogP contribution in [0.15, 0.2) is 0 Å². The average molecular weight is 339 g/mol. The van der Waals surface area contributed by atoms with E-state index in [-0.39, 0.29) is 5.24 Å². The molecule has 0 aliphatic rings. The van der Waals surface area contributed by atoms with Gasteiger partial charge in [0.05, 0.1) is 0 Å². The molecule has 0 aliphatic carbocycles. The third-order valence-corrected chi connectivity index (χ3v) is 3.79. The molecule has 0 rings (SSSR count). The van der Waals surface area contributed by atoms with Crippen LogP contribution in [-0.4, -0.2) is 7.57 Å². The molecular weight excluding hydrogens is 330 g/mol. The average Bonchev–Trinajstić information content (AvgIpc) is 1.84. The van der Waals surface area contributed by atoms with Crippen LogP contribution < -0.4 is 0 Å². The van der Waals surface area contributed by atoms with Crippen LogP contribution >= 0.6 is 50.1 Å². The van der Waals surface area contributed by atoms with Crippen LogP contribution in [-0.2, 0) is 4.79 Å². The smallest absolute Gasteiger partial charge is 0.248 e. The van der Waals surface area contributed by atoms with Gasteiger partial charge in [0.25, 0.3) is 0 Å². The summed E-state index contributed by atoms with van der Waals surface area (Å²) in [6.45, 7) is 2.08. The molecule has 4 heteroatoms. The molecule has 0 aromatic carbocycles. The molecule has 10 heavy (non-hydrogen) atoms. The van der Waals surface area contributed by atoms with Gasteiger partial charge in [-0.3, -0.25) is 4.79 Å². The van der Waals surface area contributed by atoms with Gasteiger partial charge in [0.15, 0.2) is 2.33 Å². The number of carbonyl (C=O) groups excluding carboxylic acids is 1. The van der Waals surface area contributed by atoms with Crippen LogP contribution in [0.25, 0.3) is 0 Å². The molecule has 0 aromatic heterocycles. The predicted molar refractivity (Wildman–Crippen MR) is 56.1 cm³/mol. The summed E-state index contributed by atoms with van der Waals surface area (Å²) < 4.78 is -0.539. The summed E-state index contributed by atoms with van der Waals surface area (Å²) in [4.78, 5) is 10.7. The first kappa shape index (κ1) is 11.2. The Kier molecular flexibility index (Phi) is 5.51. The van der Waals surface area contributed by atoms with E-state index in [4.69, 9.17) is 11.6 Å². The number of rotatable bonds is 4. The van der Waals surface area contributed by atoms with Gasteiger partial charge in [0, 0.05) is 0 Å². The summed E-state index contributed by atoms with van der Waals surface area (Å²) in [7, 11) is 0. The molecule has 0 N–H and O–H groups in total. The fourth-order valence-electron chi connectivity index (χ4n) is 0.497. The van der Waals surface area contributed by atoms with Crippen LogP contribution in [0.3, 0.4) is 0 Å². The lowest BCUT2D eigenvalue weighted by Gasteiger charge is -2.13. The zero-order chi connectivity index (χ0) is 8.20. The normalized spacial score (nSPS) is 16.4. The van der Waals surface area contributed by atoms with E-state index in [1.807, 2.05) is 22.6 Å². The van der Waals surface area contributed by atoms with Crippen molar-refractivity contribution in [1.29, 1.82) is 0 Å². The second-order valence-electron chi connectivity index (χ2n) is 2.08. The van der Waals surface area contributed by atoms with E-state index >= 15 is 0 Å². The second-order valence-corrected chi connectivity index (χ2v) is 7.10. The van der Waals surface area contributed by atoms with Gasteiger partial charge in [-0.1, -0.05) is 58.3 Å². The first-order valence-electron chi connectivity index (χ1n) is 3.08. The third kappa shape index (κ3) is 4.13. The summed E-state index contributed by atoms with van der Waals surface area (Å²) >= 11 is 10.6. The topological polar surface area (TPSA) is 17.1 Å². The van der Waals surface area contributed by atoms with Gasteiger partial charge in [0.1, 0.15) is 0 Å². The molecule has 0 heterocycles. The van der Waals surface area contributed by atoms with Gasteiger partial charge in [-0.2, -0.15) is 0 Å². The quantitative estimate of drug-likeness (QED) is 0.435. The minimum absolute atomic E-state index is 0.318. The van der Waals surface area contributed by atoms with Crippen LogP contribution in [0.1, 0.15) is 26.2 Å². The number of unbranched alkanes of at least 4 members (excludes halogenated alkanes) is 1. The highest BCUT2D eigenvalue weighted by molar-refractivity contribution is 14.1. The molecule has 1 atom stereocenters. The highest BCUT2D eigenvalue weighted by atomic mass is 127. The molecule has 0 spiro atoms. The van der Waals surface area contributed by atoms with Gasteiger partial charge >= 0.3 is 0 Å². The lowest BCUT2D eigenvalue weighted by molar-refractivity contribution is -0.111. The number of halogens is 3. The number of carbonyl (C=O) groups is 1. The third-order valence-electron chi connectivity index (χ3n) is 1.13. The Morgan fingerprint density at radius 1 is 1.80 bits per heavy atom. The number of hydrogen-bond donors (Lipinski definition) is 0. The summed E-state index contributed by atoms with van der Waals surface area (Å²) in [5.74, 6) is 0. The van der Waals surface area contributed by atoms with E-state index in [9.17, 15) is 4.79 Å². The first-order valence-corrected chi connectivity index (χ1v) is 5.33. The highest BCUT2D eigenvalue weighted by Gasteiger charge is 2.29. The molecule has 1 nitrogen and oxygen atoms in total. The fourth-order valence-corrected chi connectivity index (χ4v) is 1.25. The largest absolute Gasteiger partial charge is 0.279 e. The molecule has 0 saturated carbocycles. The maximum atomic E-state index is 10.7. The highest BCUT2D eigenvalue weighted by Crippen LogP contribution is 2.34. The van der Waals surface area contributed by atoms with Crippen LogP contribution in [0.2, 0.25) is 0 Å². The summed E-state index contributed by atoms with van der Waals surface area (Å²) in [6.07, 6.45) is 2.90. The van der Waals surface area contributed by atoms with Crippen molar-refractivity contribution < 1.29 is 4.79 Å². The van der Waals surface area contributed by atoms with Crippen LogP contribution in [0, 0.1) is 0 Å². The van der Waals surface area contributed by atoms with Crippen molar-refractivity contribution in [3.63, 3.8) is 0 Å². The number of alkyl halides is 2. The minimum Gasteiger partial charge on any atom is -0.279 e. The zero-order valence-corrected chi connectivity index (χ0v) is 10.2. The molecule has 0 fully saturated rings. The molecule has 0 saturated heterocycles. The van der Waals surface area contributed by atoms with Gasteiger partial charge < -0.3 is 0 Å². The fraction of sp³-hybridized carbons (Fsp3) is 0.833. The Balaban J connectivity index is 3.75. The molecule has 1 unspecified atom stereocenters. The summed E-state index contributed by atoms with van der Waals surface area (Å²) in [5.41, 5.74) is 0. The lowest BCUT2D eigenvalue weighted by atomic mass is 10.2. The van der Waals surface area contributed by atoms with E-state index in [0.29, 0.717) is 0 Å². The van der Waals surface area contributed by atoms with Gasteiger partial charge in [-0.25, -0.2) is 0 Å². The van der Waals surface area contributed by atoms with E-state index in [1.165, 1.54) is 0 Å². The van der Waals surface area contributed by atoms with Crippen molar-refractivity contribution in [2.75, 3.05) is 0 Å². The molecule has 0 aromatic rings. The SMILES string of the molecule is CCCCC(Br)(I)C(=O)Cl. The van der Waals surface area contributed by atoms with E-state index in [2.05, 4.69) is 22.9 Å². The first-order chi connectivity index (χ1) is 4.50. The van der Waals surface area contributed by atoms with Crippen molar-refractivity contribution in [3.05, 3.63) is 0 Å². The molecule has 0 radical (unpaired) electrons. The lowest BCUT2D eigenvalue weighted by Crippen LogP contribution is -2.18. The summed E-state index contributed by atoms with van der Waals surface area (Å²) in [6, 6.07) is 0. The van der Waals surface area contributed by atoms with E-state index in [1.54, 1.807) is 0 Å². The van der Waals surface area contributed by atoms with Crippen molar-refractivity contribution in [2.24, 2.45) is 0 Å². The Morgan fingerprint density at radius 3 is 2.60 bits per heavy atom. The monoisotopic (exact) mass is 338 g/mol. The standard InChI is InChI=1S/C6H9BrClIO/c1-2-3-4-6(7,9)5(8)10/h2-4H2,1H3. The Hall–Kier alpha value is 1.17. The summed E-state index contributed by atoms with van der Waals surface area (Å²) in [5, 5.41) is -0.318. The predicted octanol–water partition coefficient (Wildman–Crippen LogP) is 3.47. The van der Waals surface area contributed by atoms with Crippen molar-refractivity contribution in [2.45, 2.75) is 28.5 Å². The Morgan fingerprint density at radius 2 is 2.30 bits per heavy atom. The Bertz CT molecular complexity index is 127. The van der Waals surface area contributed by atoms with E-state index < -0.39 is 2.33 Å². The maximum absolute atomic E-state index is 10.7. The van der Waals surface area contributed by atoms with Crippen molar-refractivity contribution in [3.8, 4) is 0 Å². The van der Waals surface area contributed by atoms with Crippen molar-refractivity contribution in [1.82, 2.24) is 0 Å². The van der Waals surface area contributed by atoms with Gasteiger partial charge in [-0.05, 0) is 18.0 Å². The molecule has 0 bridgehead atoms. The molecule has 0 aliphatic heterocycles. The van der Waals surface area contributed by atoms with Crippen LogP contribution in [0.5, 0.6) is 0 Å². The second kappa shape index (κ2) is 4.93. The molecule has 60 valence electrons. The van der Waals surface area contributed by atoms with Crippen LogP contribution in [0.4, 0.5) is 0 Å². The van der Waals surface area contributed by atoms with Gasteiger partial charge in [0.2, 0.25) is 5.24 Å². The van der Waals surface area contributed by atoms with Crippen molar-refractivity contribution >= 4 is 55.4 Å². The Labute approximate surface area is 88.2 Å². The molecular formula is C6H9BrClIO. The minimum atomic E-state index is -0.539. The maximum Gasteiger partial charge on any atom is 0.248 e. The zero-order valence-electron chi connectivity index (χ0n) is 5.66.